The van der Waals surface area contributed by atoms with Crippen molar-refractivity contribution in [2.45, 2.75) is 13.3 Å². The van der Waals surface area contributed by atoms with E-state index in [4.69, 9.17) is 0 Å². The minimum Gasteiger partial charge on any atom is -0.135 e. The van der Waals surface area contributed by atoms with Crippen LogP contribution in [0, 0.1) is 0 Å². The fraction of sp³-hybridized carbons (Fsp3) is 0.143. The van der Waals surface area contributed by atoms with E-state index in [9.17, 15) is 0 Å². The maximum atomic E-state index is 3.55. The Balaban J connectivity index is 2.54. The van der Waals surface area contributed by atoms with Gasteiger partial charge in [-0.2, -0.15) is 0 Å². The van der Waals surface area contributed by atoms with Crippen LogP contribution in [0.5, 0.6) is 0 Å². The van der Waals surface area contributed by atoms with E-state index in [-0.39, 0.29) is 0 Å². The second-order valence-corrected chi connectivity index (χ2v) is 5.89. The van der Waals surface area contributed by atoms with Crippen molar-refractivity contribution >= 4 is 47.4 Å². The van der Waals surface area contributed by atoms with Gasteiger partial charge >= 0.3 is 0 Å². The summed E-state index contributed by atoms with van der Waals surface area (Å²) in [6, 6.07) is 13.1. The van der Waals surface area contributed by atoms with Crippen LogP contribution in [0.15, 0.2) is 40.9 Å². The first-order chi connectivity index (χ1) is 7.79. The number of fused-ring (bicyclic) bond motifs is 3. The van der Waals surface area contributed by atoms with Crippen LogP contribution >= 0.6 is 27.3 Å². The third kappa shape index (κ3) is 1.48. The zero-order chi connectivity index (χ0) is 11.1. The fourth-order valence-electron chi connectivity index (χ4n) is 2.17. The van der Waals surface area contributed by atoms with Crippen LogP contribution in [-0.4, -0.2) is 0 Å². The summed E-state index contributed by atoms with van der Waals surface area (Å²) in [6.45, 7) is 2.22. The van der Waals surface area contributed by atoms with Crippen LogP contribution in [0.4, 0.5) is 0 Å². The predicted molar refractivity (Wildman–Crippen MR) is 76.4 cm³/mol. The summed E-state index contributed by atoms with van der Waals surface area (Å²) in [5.74, 6) is 0. The highest BCUT2D eigenvalue weighted by molar-refractivity contribution is 9.10. The predicted octanol–water partition coefficient (Wildman–Crippen LogP) is 5.38. The van der Waals surface area contributed by atoms with Gasteiger partial charge in [0.1, 0.15) is 0 Å². The summed E-state index contributed by atoms with van der Waals surface area (Å²) in [5.41, 5.74) is 1.45. The monoisotopic (exact) mass is 290 g/mol. The van der Waals surface area contributed by atoms with Gasteiger partial charge in [-0.3, -0.25) is 0 Å². The number of thiophene rings is 1. The Morgan fingerprint density at radius 1 is 1.12 bits per heavy atom. The normalized spacial score (nSPS) is 11.4. The van der Waals surface area contributed by atoms with Gasteiger partial charge in [0.15, 0.2) is 0 Å². The second-order valence-electron chi connectivity index (χ2n) is 3.89. The van der Waals surface area contributed by atoms with Crippen LogP contribution in [0.2, 0.25) is 0 Å². The molecule has 0 radical (unpaired) electrons. The average molecular weight is 291 g/mol. The van der Waals surface area contributed by atoms with Gasteiger partial charge in [-0.25, -0.2) is 0 Å². The standard InChI is InChI=1S/C14H11BrS/c1-2-9-4-3-5-13-14(9)11-8-10(15)6-7-12(11)16-13/h3-8H,2H2,1H3. The van der Waals surface area contributed by atoms with E-state index in [1.807, 2.05) is 11.3 Å². The van der Waals surface area contributed by atoms with Crippen molar-refractivity contribution in [3.05, 3.63) is 46.4 Å². The molecule has 1 heterocycles. The molecule has 0 nitrogen and oxygen atoms in total. The quantitative estimate of drug-likeness (QED) is 0.564. The third-order valence-electron chi connectivity index (χ3n) is 2.92. The van der Waals surface area contributed by atoms with Crippen LogP contribution in [0.25, 0.3) is 20.2 Å². The first-order valence-corrected chi connectivity index (χ1v) is 7.00. The van der Waals surface area contributed by atoms with Crippen molar-refractivity contribution in [3.8, 4) is 0 Å². The molecule has 0 amide bonds. The maximum absolute atomic E-state index is 3.55. The van der Waals surface area contributed by atoms with E-state index >= 15 is 0 Å². The topological polar surface area (TPSA) is 0 Å². The first-order valence-electron chi connectivity index (χ1n) is 5.39. The molecule has 80 valence electrons. The lowest BCUT2D eigenvalue weighted by molar-refractivity contribution is 1.16. The average Bonchev–Trinajstić information content (AvgIpc) is 2.66. The highest BCUT2D eigenvalue weighted by atomic mass is 79.9. The molecule has 1 aromatic heterocycles. The number of aryl methyl sites for hydroxylation is 1. The molecule has 3 aromatic rings. The molecule has 0 unspecified atom stereocenters. The lowest BCUT2D eigenvalue weighted by Gasteiger charge is -2.00. The zero-order valence-corrected chi connectivity index (χ0v) is 11.4. The van der Waals surface area contributed by atoms with Crippen molar-refractivity contribution in [1.29, 1.82) is 0 Å². The lowest BCUT2D eigenvalue weighted by Crippen LogP contribution is -1.79. The van der Waals surface area contributed by atoms with Crippen molar-refractivity contribution in [2.75, 3.05) is 0 Å². The van der Waals surface area contributed by atoms with E-state index < -0.39 is 0 Å². The van der Waals surface area contributed by atoms with Gasteiger partial charge in [-0.15, -0.1) is 11.3 Å². The first kappa shape index (κ1) is 10.3. The van der Waals surface area contributed by atoms with E-state index in [1.54, 1.807) is 0 Å². The van der Waals surface area contributed by atoms with Crippen LogP contribution < -0.4 is 0 Å². The Kier molecular flexibility index (Phi) is 2.49. The molecule has 3 rings (SSSR count). The largest absolute Gasteiger partial charge is 0.135 e. The van der Waals surface area contributed by atoms with Crippen LogP contribution in [0.1, 0.15) is 12.5 Å². The lowest BCUT2D eigenvalue weighted by atomic mass is 10.0. The molecule has 0 atom stereocenters. The Hall–Kier alpha value is -0.860. The number of rotatable bonds is 1. The number of benzene rings is 2. The van der Waals surface area contributed by atoms with Crippen LogP contribution in [0.3, 0.4) is 0 Å². The molecule has 0 spiro atoms. The zero-order valence-electron chi connectivity index (χ0n) is 8.96. The summed E-state index contributed by atoms with van der Waals surface area (Å²) in [6.07, 6.45) is 1.09. The van der Waals surface area contributed by atoms with Crippen molar-refractivity contribution in [3.63, 3.8) is 0 Å². The smallest absolute Gasteiger partial charge is 0.0358 e. The van der Waals surface area contributed by atoms with Gasteiger partial charge < -0.3 is 0 Å². The highest BCUT2D eigenvalue weighted by Crippen LogP contribution is 2.37. The van der Waals surface area contributed by atoms with Crippen LogP contribution in [-0.2, 0) is 6.42 Å². The summed E-state index contributed by atoms with van der Waals surface area (Å²) < 4.78 is 3.93. The van der Waals surface area contributed by atoms with E-state index in [0.717, 1.165) is 10.9 Å². The molecule has 16 heavy (non-hydrogen) atoms. The maximum Gasteiger partial charge on any atom is 0.0358 e. The Morgan fingerprint density at radius 2 is 2.00 bits per heavy atom. The van der Waals surface area contributed by atoms with Gasteiger partial charge in [0.2, 0.25) is 0 Å². The minimum atomic E-state index is 1.09. The number of hydrogen-bond donors (Lipinski definition) is 0. The molecule has 2 aromatic carbocycles. The van der Waals surface area contributed by atoms with Crippen molar-refractivity contribution in [2.24, 2.45) is 0 Å². The molecule has 0 N–H and O–H groups in total. The Morgan fingerprint density at radius 3 is 2.81 bits per heavy atom. The third-order valence-corrected chi connectivity index (χ3v) is 4.55. The summed E-state index contributed by atoms with van der Waals surface area (Å²) in [7, 11) is 0. The molecule has 0 aliphatic rings. The molecule has 0 aliphatic heterocycles. The second kappa shape index (κ2) is 3.86. The fourth-order valence-corrected chi connectivity index (χ4v) is 3.66. The van der Waals surface area contributed by atoms with Crippen molar-refractivity contribution in [1.82, 2.24) is 0 Å². The summed E-state index contributed by atoms with van der Waals surface area (Å²) >= 11 is 5.43. The summed E-state index contributed by atoms with van der Waals surface area (Å²) in [5, 5.41) is 2.82. The van der Waals surface area contributed by atoms with Gasteiger partial charge in [-0.05, 0) is 36.2 Å². The van der Waals surface area contributed by atoms with Gasteiger partial charge in [0, 0.05) is 24.6 Å². The Bertz CT molecular complexity index is 667. The SMILES string of the molecule is CCc1cccc2sc3ccc(Br)cc3c12. The Labute approximate surface area is 107 Å². The van der Waals surface area contributed by atoms with Gasteiger partial charge in [0.25, 0.3) is 0 Å². The van der Waals surface area contributed by atoms with Gasteiger partial charge in [0.05, 0.1) is 0 Å². The highest BCUT2D eigenvalue weighted by Gasteiger charge is 2.08. The molecule has 0 aliphatic carbocycles. The van der Waals surface area contributed by atoms with Crippen molar-refractivity contribution < 1.29 is 0 Å². The number of hydrogen-bond acceptors (Lipinski definition) is 1. The summed E-state index contributed by atoms with van der Waals surface area (Å²) in [4.78, 5) is 0. The molecule has 0 bridgehead atoms. The molecular weight excluding hydrogens is 280 g/mol. The molecule has 0 fully saturated rings. The van der Waals surface area contributed by atoms with E-state index in [1.165, 1.54) is 25.7 Å². The molecule has 2 heteroatoms. The number of halogens is 1. The van der Waals surface area contributed by atoms with Gasteiger partial charge in [-0.1, -0.05) is 35.0 Å². The molecular formula is C14H11BrS. The molecule has 0 saturated heterocycles. The van der Waals surface area contributed by atoms with E-state index in [0.29, 0.717) is 0 Å². The minimum absolute atomic E-state index is 1.09. The molecule has 0 saturated carbocycles. The van der Waals surface area contributed by atoms with E-state index in [2.05, 4.69) is 59.3 Å².